The fraction of sp³-hybridized carbons (Fsp3) is 0.450. The number of hydrogen-bond donors (Lipinski definition) is 0. The highest BCUT2D eigenvalue weighted by Gasteiger charge is 2.20. The molecule has 0 atom stereocenters. The van der Waals surface area contributed by atoms with Gasteiger partial charge >= 0.3 is 0 Å². The average Bonchev–Trinajstić information content (AvgIpc) is 2.94. The van der Waals surface area contributed by atoms with Crippen molar-refractivity contribution in [3.8, 4) is 0 Å². The second-order valence-electron chi connectivity index (χ2n) is 6.39. The lowest BCUT2D eigenvalue weighted by Gasteiger charge is -2.20. The number of nitrogens with zero attached hydrogens (tertiary/aromatic N) is 4. The second-order valence-corrected chi connectivity index (χ2v) is 7.38. The summed E-state index contributed by atoms with van der Waals surface area (Å²) >= 11 is 1.68. The number of carbonyl (C=O) groups is 1. The van der Waals surface area contributed by atoms with Gasteiger partial charge in [-0.2, -0.15) is 0 Å². The molecule has 1 fully saturated rings. The molecule has 6 heteroatoms. The van der Waals surface area contributed by atoms with Crippen molar-refractivity contribution in [1.29, 1.82) is 0 Å². The minimum absolute atomic E-state index is 0.244. The molecule has 2 aromatic rings. The van der Waals surface area contributed by atoms with Gasteiger partial charge in [-0.1, -0.05) is 60.7 Å². The zero-order valence-electron chi connectivity index (χ0n) is 15.3. The first kappa shape index (κ1) is 18.7. The summed E-state index contributed by atoms with van der Waals surface area (Å²) in [7, 11) is 0. The van der Waals surface area contributed by atoms with E-state index in [-0.39, 0.29) is 5.91 Å². The van der Waals surface area contributed by atoms with E-state index >= 15 is 0 Å². The number of benzene rings is 1. The van der Waals surface area contributed by atoms with E-state index in [4.69, 9.17) is 0 Å². The normalized spacial score (nSPS) is 15.6. The van der Waals surface area contributed by atoms with E-state index in [1.807, 2.05) is 23.1 Å². The Bertz CT molecular complexity index is 742. The summed E-state index contributed by atoms with van der Waals surface area (Å²) in [6.45, 7) is 4.31. The summed E-state index contributed by atoms with van der Waals surface area (Å²) in [5, 5.41) is 9.63. The molecule has 3 rings (SSSR count). The standard InChI is InChI=1S/C20H26N4OS/c1-2-24-18(16-23-14-8-4-7-13-19(23)25)21-22-20(24)26-15-9-12-17-10-5-3-6-11-17/h3,5-6,9-12H,2,4,7-8,13-16H2,1H3. The summed E-state index contributed by atoms with van der Waals surface area (Å²) in [6.07, 6.45) is 8.15. The van der Waals surface area contributed by atoms with Crippen molar-refractivity contribution in [1.82, 2.24) is 19.7 Å². The molecule has 1 aromatic heterocycles. The highest BCUT2D eigenvalue weighted by Crippen LogP contribution is 2.20. The molecule has 1 aromatic carbocycles. The van der Waals surface area contributed by atoms with E-state index in [9.17, 15) is 4.79 Å². The van der Waals surface area contributed by atoms with Gasteiger partial charge in [-0.15, -0.1) is 10.2 Å². The summed E-state index contributed by atoms with van der Waals surface area (Å²) in [6, 6.07) is 10.3. The molecule has 138 valence electrons. The predicted molar refractivity (Wildman–Crippen MR) is 106 cm³/mol. The third-order valence-corrected chi connectivity index (χ3v) is 5.45. The van der Waals surface area contributed by atoms with Crippen molar-refractivity contribution in [3.63, 3.8) is 0 Å². The van der Waals surface area contributed by atoms with Crippen LogP contribution in [0.15, 0.2) is 41.6 Å². The van der Waals surface area contributed by atoms with Crippen molar-refractivity contribution in [3.05, 3.63) is 47.8 Å². The van der Waals surface area contributed by atoms with Crippen LogP contribution in [0.25, 0.3) is 6.08 Å². The third-order valence-electron chi connectivity index (χ3n) is 4.53. The van der Waals surface area contributed by atoms with Crippen LogP contribution in [0.5, 0.6) is 0 Å². The van der Waals surface area contributed by atoms with Gasteiger partial charge in [0.05, 0.1) is 6.54 Å². The molecule has 0 unspecified atom stereocenters. The molecule has 26 heavy (non-hydrogen) atoms. The van der Waals surface area contributed by atoms with Gasteiger partial charge in [0.15, 0.2) is 11.0 Å². The lowest BCUT2D eigenvalue weighted by molar-refractivity contribution is -0.131. The summed E-state index contributed by atoms with van der Waals surface area (Å²) in [5.74, 6) is 1.97. The Morgan fingerprint density at radius 2 is 2.00 bits per heavy atom. The minimum atomic E-state index is 0.244. The van der Waals surface area contributed by atoms with Gasteiger partial charge in [0.25, 0.3) is 0 Å². The van der Waals surface area contributed by atoms with E-state index in [2.05, 4.69) is 46.0 Å². The molecule has 0 bridgehead atoms. The molecule has 1 aliphatic heterocycles. The molecule has 0 aliphatic carbocycles. The van der Waals surface area contributed by atoms with Crippen molar-refractivity contribution in [2.24, 2.45) is 0 Å². The van der Waals surface area contributed by atoms with E-state index < -0.39 is 0 Å². The molecule has 0 spiro atoms. The van der Waals surface area contributed by atoms with Crippen LogP contribution in [0.2, 0.25) is 0 Å². The number of hydrogen-bond acceptors (Lipinski definition) is 4. The SMILES string of the molecule is CCn1c(CN2CCCCCC2=O)nnc1SCC=Cc1ccccc1. The zero-order valence-corrected chi connectivity index (χ0v) is 16.1. The fourth-order valence-corrected chi connectivity index (χ4v) is 3.94. The molecule has 0 saturated carbocycles. The van der Waals surface area contributed by atoms with Crippen LogP contribution in [0.4, 0.5) is 0 Å². The summed E-state index contributed by atoms with van der Waals surface area (Å²) < 4.78 is 2.12. The zero-order chi connectivity index (χ0) is 18.2. The Kier molecular flexibility index (Phi) is 6.89. The molecule has 5 nitrogen and oxygen atoms in total. The quantitative estimate of drug-likeness (QED) is 0.691. The maximum Gasteiger partial charge on any atom is 0.222 e. The molecule has 1 saturated heterocycles. The number of likely N-dealkylation sites (tertiary alicyclic amines) is 1. The van der Waals surface area contributed by atoms with Crippen LogP contribution in [-0.4, -0.2) is 37.9 Å². The molecular formula is C20H26N4OS. The number of aromatic nitrogens is 3. The van der Waals surface area contributed by atoms with Gasteiger partial charge in [-0.3, -0.25) is 4.79 Å². The highest BCUT2D eigenvalue weighted by atomic mass is 32.2. The van der Waals surface area contributed by atoms with Crippen LogP contribution in [-0.2, 0) is 17.9 Å². The first-order valence-corrected chi connectivity index (χ1v) is 10.3. The van der Waals surface area contributed by atoms with E-state index in [1.54, 1.807) is 11.8 Å². The molecule has 2 heterocycles. The molecule has 0 N–H and O–H groups in total. The first-order chi connectivity index (χ1) is 12.8. The van der Waals surface area contributed by atoms with Crippen LogP contribution in [0.3, 0.4) is 0 Å². The summed E-state index contributed by atoms with van der Waals surface area (Å²) in [5.41, 5.74) is 1.20. The van der Waals surface area contributed by atoms with Gasteiger partial charge in [0, 0.05) is 25.3 Å². The Balaban J connectivity index is 1.60. The second kappa shape index (κ2) is 9.57. The first-order valence-electron chi connectivity index (χ1n) is 9.32. The maximum atomic E-state index is 12.2. The summed E-state index contributed by atoms with van der Waals surface area (Å²) in [4.78, 5) is 14.2. The largest absolute Gasteiger partial charge is 0.335 e. The van der Waals surface area contributed by atoms with Gasteiger partial charge in [-0.25, -0.2) is 0 Å². The minimum Gasteiger partial charge on any atom is -0.335 e. The topological polar surface area (TPSA) is 51.0 Å². The Morgan fingerprint density at radius 3 is 2.81 bits per heavy atom. The van der Waals surface area contributed by atoms with Crippen molar-refractivity contribution in [2.45, 2.75) is 50.9 Å². The van der Waals surface area contributed by atoms with Crippen LogP contribution >= 0.6 is 11.8 Å². The lowest BCUT2D eigenvalue weighted by Crippen LogP contribution is -2.31. The molecule has 1 aliphatic rings. The fourth-order valence-electron chi connectivity index (χ4n) is 3.11. The lowest BCUT2D eigenvalue weighted by atomic mass is 10.2. The van der Waals surface area contributed by atoms with Gasteiger partial charge in [0.1, 0.15) is 0 Å². The molecule has 0 radical (unpaired) electrons. The van der Waals surface area contributed by atoms with E-state index in [0.29, 0.717) is 13.0 Å². The van der Waals surface area contributed by atoms with Crippen LogP contribution in [0.1, 0.15) is 44.0 Å². The van der Waals surface area contributed by atoms with Crippen molar-refractivity contribution >= 4 is 23.7 Å². The Hall–Kier alpha value is -2.08. The Morgan fingerprint density at radius 1 is 1.15 bits per heavy atom. The molecular weight excluding hydrogens is 344 g/mol. The van der Waals surface area contributed by atoms with E-state index in [0.717, 1.165) is 49.1 Å². The smallest absolute Gasteiger partial charge is 0.222 e. The van der Waals surface area contributed by atoms with Gasteiger partial charge in [0.2, 0.25) is 5.91 Å². The third kappa shape index (κ3) is 4.97. The number of amides is 1. The average molecular weight is 371 g/mol. The number of carbonyl (C=O) groups excluding carboxylic acids is 1. The Labute approximate surface area is 159 Å². The van der Waals surface area contributed by atoms with Gasteiger partial charge in [-0.05, 0) is 25.3 Å². The van der Waals surface area contributed by atoms with Crippen LogP contribution < -0.4 is 0 Å². The van der Waals surface area contributed by atoms with Crippen molar-refractivity contribution < 1.29 is 4.79 Å². The van der Waals surface area contributed by atoms with Crippen molar-refractivity contribution in [2.75, 3.05) is 12.3 Å². The highest BCUT2D eigenvalue weighted by molar-refractivity contribution is 7.99. The monoisotopic (exact) mass is 370 g/mol. The predicted octanol–water partition coefficient (Wildman–Crippen LogP) is 4.01. The molecule has 1 amide bonds. The number of rotatable bonds is 7. The number of thioether (sulfide) groups is 1. The van der Waals surface area contributed by atoms with Gasteiger partial charge < -0.3 is 9.47 Å². The maximum absolute atomic E-state index is 12.2. The van der Waals surface area contributed by atoms with E-state index in [1.165, 1.54) is 5.56 Å². The van der Waals surface area contributed by atoms with Crippen LogP contribution in [0, 0.1) is 0 Å².